The molecular formula is C30H22F3N3O6S2. The number of ether oxygens (including phenoxy) is 2. The van der Waals surface area contributed by atoms with Crippen LogP contribution >= 0.6 is 23.1 Å². The van der Waals surface area contributed by atoms with E-state index in [4.69, 9.17) is 9.47 Å². The average Bonchev–Trinajstić information content (AvgIpc) is 3.50. The van der Waals surface area contributed by atoms with E-state index in [9.17, 15) is 32.3 Å². The first kappa shape index (κ1) is 29.5. The van der Waals surface area contributed by atoms with Crippen LogP contribution in [0.2, 0.25) is 0 Å². The zero-order chi connectivity index (χ0) is 31.2. The molecule has 1 saturated heterocycles. The molecule has 14 heteroatoms. The van der Waals surface area contributed by atoms with E-state index in [2.05, 4.69) is 10.3 Å². The summed E-state index contributed by atoms with van der Waals surface area (Å²) in [7, 11) is 1.53. The molecule has 1 fully saturated rings. The molecule has 2 aliphatic rings. The normalized spacial score (nSPS) is 19.4. The summed E-state index contributed by atoms with van der Waals surface area (Å²) in [4.78, 5) is 55.8. The molecule has 226 valence electrons. The molecule has 0 bridgehead atoms. The van der Waals surface area contributed by atoms with Crippen LogP contribution in [0.3, 0.4) is 0 Å². The van der Waals surface area contributed by atoms with Crippen LogP contribution in [0.1, 0.15) is 21.9 Å². The highest BCUT2D eigenvalue weighted by Gasteiger charge is 2.57. The smallest absolute Gasteiger partial charge is 0.418 e. The summed E-state index contributed by atoms with van der Waals surface area (Å²) in [5.74, 6) is -3.06. The number of aromatic nitrogens is 1. The van der Waals surface area contributed by atoms with Gasteiger partial charge in [-0.1, -0.05) is 47.4 Å². The van der Waals surface area contributed by atoms with Gasteiger partial charge in [0.2, 0.25) is 11.8 Å². The number of halogens is 3. The number of thiazole rings is 1. The fourth-order valence-electron chi connectivity index (χ4n) is 5.34. The number of benzene rings is 3. The Morgan fingerprint density at radius 3 is 2.45 bits per heavy atom. The van der Waals surface area contributed by atoms with Gasteiger partial charge in [-0.05, 0) is 54.1 Å². The van der Waals surface area contributed by atoms with Gasteiger partial charge in [0.15, 0.2) is 6.61 Å². The summed E-state index contributed by atoms with van der Waals surface area (Å²) in [6.45, 7) is -0.343. The third-order valence-corrected chi connectivity index (χ3v) is 9.64. The maximum absolute atomic E-state index is 13.9. The highest BCUT2D eigenvalue weighted by atomic mass is 32.2. The predicted octanol–water partition coefficient (Wildman–Crippen LogP) is 5.28. The van der Waals surface area contributed by atoms with Crippen LogP contribution in [0.5, 0.6) is 11.5 Å². The number of methoxy groups -OCH3 is 1. The Kier molecular flexibility index (Phi) is 7.72. The molecule has 2 unspecified atom stereocenters. The number of carbonyl (C=O) groups is 3. The zero-order valence-corrected chi connectivity index (χ0v) is 24.3. The van der Waals surface area contributed by atoms with E-state index in [-0.39, 0.29) is 12.4 Å². The minimum atomic E-state index is -4.80. The van der Waals surface area contributed by atoms with Crippen molar-refractivity contribution in [2.75, 3.05) is 23.9 Å². The van der Waals surface area contributed by atoms with Crippen molar-refractivity contribution < 1.29 is 37.0 Å². The molecule has 4 aromatic rings. The van der Waals surface area contributed by atoms with Gasteiger partial charge in [-0.2, -0.15) is 13.2 Å². The molecule has 3 amide bonds. The van der Waals surface area contributed by atoms with Crippen molar-refractivity contribution in [1.82, 2.24) is 4.98 Å². The number of amides is 3. The number of thioether (sulfide) groups is 1. The maximum Gasteiger partial charge on any atom is 0.418 e. The second-order valence-corrected chi connectivity index (χ2v) is 12.1. The maximum atomic E-state index is 13.9. The number of hydrogen-bond donors (Lipinski definition) is 2. The molecule has 6 rings (SSSR count). The molecule has 1 aromatic heterocycles. The first-order chi connectivity index (χ1) is 21.0. The van der Waals surface area contributed by atoms with Gasteiger partial charge in [0, 0.05) is 16.5 Å². The number of para-hydroxylation sites is 1. The minimum absolute atomic E-state index is 0.280. The SMILES string of the molecule is COc1ccc(NC(=O)COc2cccc([C@H]3c4sc(=O)[nH]c4SC4C(=O)N(c5ccccc5C(F)(F)F)C(=O)C43)c2)cc1. The molecule has 44 heavy (non-hydrogen) atoms. The molecule has 2 N–H and O–H groups in total. The van der Waals surface area contributed by atoms with Crippen molar-refractivity contribution >= 4 is 52.2 Å². The van der Waals surface area contributed by atoms with Crippen LogP contribution in [0, 0.1) is 5.92 Å². The highest BCUT2D eigenvalue weighted by molar-refractivity contribution is 8.00. The van der Waals surface area contributed by atoms with E-state index in [0.717, 1.165) is 35.2 Å². The Balaban J connectivity index is 1.29. The Morgan fingerprint density at radius 1 is 0.977 bits per heavy atom. The number of aromatic amines is 1. The standard InChI is InChI=1S/C30H22F3N3O6S2/c1-41-17-11-9-16(10-12-17)34-21(37)14-42-18-6-4-5-15(13-18)22-23-25(43-26-24(22)44-29(40)35-26)28(39)36(27(23)38)20-8-3-2-7-19(20)30(31,32)33/h2-13,22-23,25H,14H2,1H3,(H,34,37)(H,35,40)/t22-,23?,25?/m1/s1. The Bertz CT molecular complexity index is 1820. The first-order valence-corrected chi connectivity index (χ1v) is 14.8. The third kappa shape index (κ3) is 5.46. The number of H-pyrrole nitrogens is 1. The van der Waals surface area contributed by atoms with Crippen LogP contribution in [-0.2, 0) is 20.6 Å². The third-order valence-electron chi connectivity index (χ3n) is 7.24. The second kappa shape index (κ2) is 11.5. The van der Waals surface area contributed by atoms with Crippen molar-refractivity contribution in [2.24, 2.45) is 5.92 Å². The molecule has 0 spiro atoms. The summed E-state index contributed by atoms with van der Waals surface area (Å²) in [5, 5.41) is 2.01. The van der Waals surface area contributed by atoms with Gasteiger partial charge in [-0.25, -0.2) is 4.90 Å². The topological polar surface area (TPSA) is 118 Å². The van der Waals surface area contributed by atoms with Crippen LogP contribution in [-0.4, -0.2) is 41.7 Å². The summed E-state index contributed by atoms with van der Waals surface area (Å²) in [5.41, 5.74) is -0.610. The Hall–Kier alpha value is -4.56. The summed E-state index contributed by atoms with van der Waals surface area (Å²) < 4.78 is 52.4. The second-order valence-electron chi connectivity index (χ2n) is 9.91. The number of hydrogen-bond acceptors (Lipinski definition) is 8. The molecular weight excluding hydrogens is 619 g/mol. The lowest BCUT2D eigenvalue weighted by molar-refractivity contribution is -0.137. The van der Waals surface area contributed by atoms with Gasteiger partial charge in [0.25, 0.3) is 5.91 Å². The van der Waals surface area contributed by atoms with E-state index < -0.39 is 57.1 Å². The number of fused-ring (bicyclic) bond motifs is 2. The van der Waals surface area contributed by atoms with Crippen LogP contribution in [0.15, 0.2) is 82.6 Å². The van der Waals surface area contributed by atoms with Gasteiger partial charge in [0.1, 0.15) is 16.7 Å². The van der Waals surface area contributed by atoms with Gasteiger partial charge >= 0.3 is 11.0 Å². The van der Waals surface area contributed by atoms with Crippen molar-refractivity contribution in [3.63, 3.8) is 0 Å². The molecule has 2 aliphatic heterocycles. The number of nitrogens with one attached hydrogen (secondary N) is 2. The van der Waals surface area contributed by atoms with E-state index >= 15 is 0 Å². The van der Waals surface area contributed by atoms with E-state index in [1.807, 2.05) is 0 Å². The lowest BCUT2D eigenvalue weighted by Gasteiger charge is -2.30. The number of nitrogens with zero attached hydrogens (tertiary/aromatic N) is 1. The molecule has 0 aliphatic carbocycles. The zero-order valence-electron chi connectivity index (χ0n) is 22.7. The summed E-state index contributed by atoms with van der Waals surface area (Å²) >= 11 is 1.83. The molecule has 3 atom stereocenters. The van der Waals surface area contributed by atoms with Crippen LogP contribution < -0.4 is 24.6 Å². The molecule has 0 saturated carbocycles. The van der Waals surface area contributed by atoms with E-state index in [1.54, 1.807) is 48.5 Å². The molecule has 0 radical (unpaired) electrons. The van der Waals surface area contributed by atoms with Gasteiger partial charge in [-0.3, -0.25) is 19.2 Å². The van der Waals surface area contributed by atoms with Gasteiger partial charge < -0.3 is 19.8 Å². The van der Waals surface area contributed by atoms with Crippen molar-refractivity contribution in [1.29, 1.82) is 0 Å². The lowest BCUT2D eigenvalue weighted by atomic mass is 9.83. The highest BCUT2D eigenvalue weighted by Crippen LogP contribution is 2.54. The number of rotatable bonds is 7. The average molecular weight is 642 g/mol. The van der Waals surface area contributed by atoms with Gasteiger partial charge in [0.05, 0.1) is 29.3 Å². The van der Waals surface area contributed by atoms with Crippen LogP contribution in [0.4, 0.5) is 24.5 Å². The predicted molar refractivity (Wildman–Crippen MR) is 157 cm³/mol. The minimum Gasteiger partial charge on any atom is -0.497 e. The largest absolute Gasteiger partial charge is 0.497 e. The molecule has 9 nitrogen and oxygen atoms in total. The number of carbonyl (C=O) groups excluding carboxylic acids is 3. The molecule has 3 aromatic carbocycles. The molecule has 3 heterocycles. The van der Waals surface area contributed by atoms with Crippen molar-refractivity contribution in [3.8, 4) is 11.5 Å². The van der Waals surface area contributed by atoms with E-state index in [1.165, 1.54) is 19.2 Å². The Morgan fingerprint density at radius 2 is 1.73 bits per heavy atom. The number of imide groups is 1. The Labute approximate surface area is 256 Å². The fraction of sp³-hybridized carbons (Fsp3) is 0.200. The summed E-state index contributed by atoms with van der Waals surface area (Å²) in [6, 6.07) is 17.7. The quantitative estimate of drug-likeness (QED) is 0.264. The monoisotopic (exact) mass is 641 g/mol. The van der Waals surface area contributed by atoms with Gasteiger partial charge in [-0.15, -0.1) is 0 Å². The fourth-order valence-corrected chi connectivity index (χ4v) is 7.86. The lowest BCUT2D eigenvalue weighted by Crippen LogP contribution is -2.33. The van der Waals surface area contributed by atoms with Crippen molar-refractivity contribution in [3.05, 3.63) is 98.5 Å². The summed E-state index contributed by atoms with van der Waals surface area (Å²) in [6.07, 6.45) is -4.80. The van der Waals surface area contributed by atoms with E-state index in [0.29, 0.717) is 31.8 Å². The number of alkyl halides is 3. The van der Waals surface area contributed by atoms with Crippen molar-refractivity contribution in [2.45, 2.75) is 22.4 Å². The first-order valence-electron chi connectivity index (χ1n) is 13.2. The number of anilines is 2. The van der Waals surface area contributed by atoms with Crippen LogP contribution in [0.25, 0.3) is 0 Å².